The normalized spacial score (nSPS) is 14.3. The Labute approximate surface area is 144 Å². The third kappa shape index (κ3) is 4.28. The zero-order chi connectivity index (χ0) is 17.6. The lowest BCUT2D eigenvalue weighted by molar-refractivity contribution is -0.119. The van der Waals surface area contributed by atoms with Gasteiger partial charge in [-0.1, -0.05) is 12.1 Å². The number of carbonyl (C=O) groups excluding carboxylic acids is 2. The van der Waals surface area contributed by atoms with Crippen LogP contribution in [0.15, 0.2) is 36.7 Å². The molecular weight excluding hydrogens is 325 g/mol. The first-order valence-electron chi connectivity index (χ1n) is 7.94. The zero-order valence-corrected chi connectivity index (χ0v) is 13.6. The van der Waals surface area contributed by atoms with Crippen LogP contribution < -0.4 is 5.32 Å². The Morgan fingerprint density at radius 1 is 1.12 bits per heavy atom. The molecule has 2 aromatic rings. The van der Waals surface area contributed by atoms with Crippen molar-refractivity contribution in [2.24, 2.45) is 0 Å². The van der Waals surface area contributed by atoms with Crippen molar-refractivity contribution in [3.05, 3.63) is 53.6 Å². The summed E-state index contributed by atoms with van der Waals surface area (Å²) in [5.41, 5.74) is 1.31. The molecule has 1 aliphatic heterocycles. The van der Waals surface area contributed by atoms with Gasteiger partial charge in [-0.2, -0.15) is 0 Å². The first kappa shape index (κ1) is 16.8. The molecule has 2 amide bonds. The van der Waals surface area contributed by atoms with Crippen molar-refractivity contribution in [1.82, 2.24) is 19.8 Å². The van der Waals surface area contributed by atoms with Crippen molar-refractivity contribution in [3.8, 4) is 0 Å². The second-order valence-electron chi connectivity index (χ2n) is 5.71. The Hall–Kier alpha value is -3.03. The number of amides is 2. The number of aromatic nitrogens is 2. The Kier molecular flexibility index (Phi) is 5.17. The van der Waals surface area contributed by atoms with E-state index in [1.807, 2.05) is 0 Å². The third-order valence-corrected chi connectivity index (χ3v) is 4.01. The first-order valence-corrected chi connectivity index (χ1v) is 7.94. The van der Waals surface area contributed by atoms with Crippen LogP contribution in [0.2, 0.25) is 0 Å². The van der Waals surface area contributed by atoms with Crippen LogP contribution in [0.5, 0.6) is 0 Å². The first-order chi connectivity index (χ1) is 12.2. The number of hydrogen-bond donors (Lipinski definition) is 1. The minimum absolute atomic E-state index is 0.143. The molecule has 0 radical (unpaired) electrons. The number of piperazine rings is 1. The Balaban J connectivity index is 1.55. The molecule has 0 aliphatic carbocycles. The molecule has 130 valence electrons. The average molecular weight is 343 g/mol. The molecule has 0 spiro atoms. The summed E-state index contributed by atoms with van der Waals surface area (Å²) in [4.78, 5) is 34.7. The van der Waals surface area contributed by atoms with Gasteiger partial charge in [-0.05, 0) is 17.7 Å². The summed E-state index contributed by atoms with van der Waals surface area (Å²) >= 11 is 0. The number of anilines is 1. The summed E-state index contributed by atoms with van der Waals surface area (Å²) in [6, 6.07) is 6.15. The van der Waals surface area contributed by atoms with Crippen molar-refractivity contribution in [2.45, 2.75) is 6.54 Å². The highest BCUT2D eigenvalue weighted by Gasteiger charge is 2.21. The zero-order valence-electron chi connectivity index (χ0n) is 13.6. The van der Waals surface area contributed by atoms with Crippen LogP contribution in [0.3, 0.4) is 0 Å². The van der Waals surface area contributed by atoms with Gasteiger partial charge < -0.3 is 15.1 Å². The summed E-state index contributed by atoms with van der Waals surface area (Å²) in [6.45, 7) is 2.53. The topological polar surface area (TPSA) is 78.4 Å². The molecule has 1 saturated heterocycles. The molecule has 3 rings (SSSR count). The maximum atomic E-state index is 12.9. The fraction of sp³-hybridized carbons (Fsp3) is 0.294. The number of nitrogens with zero attached hydrogens (tertiary/aromatic N) is 4. The maximum absolute atomic E-state index is 12.9. The lowest BCUT2D eigenvalue weighted by Gasteiger charge is -2.32. The number of hydrogen-bond acceptors (Lipinski definition) is 5. The molecule has 0 bridgehead atoms. The van der Waals surface area contributed by atoms with Gasteiger partial charge in [0.25, 0.3) is 5.91 Å². The van der Waals surface area contributed by atoms with Crippen LogP contribution in [0.4, 0.5) is 10.3 Å². The van der Waals surface area contributed by atoms with Gasteiger partial charge in [0.05, 0.1) is 5.56 Å². The molecule has 2 heterocycles. The molecule has 25 heavy (non-hydrogen) atoms. The van der Waals surface area contributed by atoms with Crippen molar-refractivity contribution in [3.63, 3.8) is 0 Å². The van der Waals surface area contributed by atoms with Gasteiger partial charge in [0.2, 0.25) is 12.4 Å². The molecule has 1 aromatic carbocycles. The Morgan fingerprint density at radius 2 is 1.76 bits per heavy atom. The molecule has 0 unspecified atom stereocenters. The van der Waals surface area contributed by atoms with Crippen LogP contribution in [-0.2, 0) is 11.3 Å². The quantitative estimate of drug-likeness (QED) is 0.824. The lowest BCUT2D eigenvalue weighted by atomic mass is 10.2. The summed E-state index contributed by atoms with van der Waals surface area (Å²) in [6.07, 6.45) is 3.76. The van der Waals surface area contributed by atoms with Crippen LogP contribution in [0, 0.1) is 5.82 Å². The second-order valence-corrected chi connectivity index (χ2v) is 5.71. The van der Waals surface area contributed by atoms with E-state index < -0.39 is 0 Å². The number of rotatable bonds is 5. The summed E-state index contributed by atoms with van der Waals surface area (Å²) in [5.74, 6) is -0.0286. The summed E-state index contributed by atoms with van der Waals surface area (Å²) in [5, 5.41) is 3.02. The third-order valence-electron chi connectivity index (χ3n) is 4.01. The smallest absolute Gasteiger partial charge is 0.257 e. The highest BCUT2D eigenvalue weighted by Crippen LogP contribution is 2.09. The summed E-state index contributed by atoms with van der Waals surface area (Å²) < 4.78 is 12.9. The minimum Gasteiger partial charge on any atom is -0.350 e. The van der Waals surface area contributed by atoms with Gasteiger partial charge >= 0.3 is 0 Å². The van der Waals surface area contributed by atoms with Crippen LogP contribution in [0.25, 0.3) is 0 Å². The van der Waals surface area contributed by atoms with E-state index in [1.165, 1.54) is 24.5 Å². The van der Waals surface area contributed by atoms with Crippen LogP contribution in [0.1, 0.15) is 15.9 Å². The molecule has 1 aliphatic rings. The van der Waals surface area contributed by atoms with E-state index in [0.29, 0.717) is 44.2 Å². The van der Waals surface area contributed by atoms with Crippen LogP contribution in [-0.4, -0.2) is 58.3 Å². The molecule has 1 N–H and O–H groups in total. The fourth-order valence-corrected chi connectivity index (χ4v) is 2.53. The Morgan fingerprint density at radius 3 is 2.36 bits per heavy atom. The number of benzene rings is 1. The van der Waals surface area contributed by atoms with Gasteiger partial charge in [-0.25, -0.2) is 14.4 Å². The number of nitrogens with one attached hydrogen (secondary N) is 1. The van der Waals surface area contributed by atoms with E-state index in [4.69, 9.17) is 0 Å². The van der Waals surface area contributed by atoms with Gasteiger partial charge in [0.15, 0.2) is 0 Å². The molecule has 0 atom stereocenters. The van der Waals surface area contributed by atoms with E-state index >= 15 is 0 Å². The van der Waals surface area contributed by atoms with Crippen molar-refractivity contribution in [2.75, 3.05) is 31.5 Å². The van der Waals surface area contributed by atoms with E-state index in [-0.39, 0.29) is 11.7 Å². The number of carbonyl (C=O) groups is 2. The largest absolute Gasteiger partial charge is 0.350 e. The predicted octanol–water partition coefficient (Wildman–Crippen LogP) is 1.14. The van der Waals surface area contributed by atoms with Crippen molar-refractivity contribution >= 4 is 18.3 Å². The van der Waals surface area contributed by atoms with Crippen LogP contribution >= 0.6 is 0 Å². The number of halogens is 1. The minimum atomic E-state index is -0.281. The Bertz CT molecular complexity index is 728. The lowest BCUT2D eigenvalue weighted by Crippen LogP contribution is -2.48. The van der Waals surface area contributed by atoms with Gasteiger partial charge in [0, 0.05) is 45.1 Å². The monoisotopic (exact) mass is 343 g/mol. The van der Waals surface area contributed by atoms with Gasteiger partial charge in [-0.3, -0.25) is 9.59 Å². The standard InChI is InChI=1S/C17H18FN5O2/c18-15-3-1-13(2-4-15)9-19-17-20-10-14(11-21-17)16(25)23-7-5-22(12-24)6-8-23/h1-4,10-12H,5-9H2,(H,19,20,21). The van der Waals surface area contributed by atoms with Gasteiger partial charge in [0.1, 0.15) is 5.82 Å². The van der Waals surface area contributed by atoms with E-state index in [9.17, 15) is 14.0 Å². The van der Waals surface area contributed by atoms with Gasteiger partial charge in [-0.15, -0.1) is 0 Å². The summed E-state index contributed by atoms with van der Waals surface area (Å²) in [7, 11) is 0. The van der Waals surface area contributed by atoms with Crippen molar-refractivity contribution in [1.29, 1.82) is 0 Å². The molecule has 7 nitrogen and oxygen atoms in total. The van der Waals surface area contributed by atoms with E-state index in [0.717, 1.165) is 12.0 Å². The predicted molar refractivity (Wildman–Crippen MR) is 89.3 cm³/mol. The second kappa shape index (κ2) is 7.69. The average Bonchev–Trinajstić information content (AvgIpc) is 2.67. The highest BCUT2D eigenvalue weighted by atomic mass is 19.1. The molecule has 1 aromatic heterocycles. The SMILES string of the molecule is O=CN1CCN(C(=O)c2cnc(NCc3ccc(F)cc3)nc2)CC1. The molecule has 0 saturated carbocycles. The molecular formula is C17H18FN5O2. The molecule has 1 fully saturated rings. The van der Waals surface area contributed by atoms with Crippen molar-refractivity contribution < 1.29 is 14.0 Å². The highest BCUT2D eigenvalue weighted by molar-refractivity contribution is 5.93. The van der Waals surface area contributed by atoms with E-state index in [2.05, 4.69) is 15.3 Å². The van der Waals surface area contributed by atoms with E-state index in [1.54, 1.807) is 21.9 Å². The molecule has 8 heteroatoms. The maximum Gasteiger partial charge on any atom is 0.257 e. The fourth-order valence-electron chi connectivity index (χ4n) is 2.53.